The predicted molar refractivity (Wildman–Crippen MR) is 82.1 cm³/mol. The van der Waals surface area contributed by atoms with Crippen LogP contribution in [0.2, 0.25) is 20.1 Å². The number of nitrogens with two attached hydrogens (primary N) is 1. The normalized spacial score (nSPS) is 11.1. The average molecular weight is 336 g/mol. The van der Waals surface area contributed by atoms with E-state index in [0.29, 0.717) is 20.1 Å². The van der Waals surface area contributed by atoms with Crippen LogP contribution in [0.3, 0.4) is 0 Å². The third-order valence-electron chi connectivity index (χ3n) is 2.75. The van der Waals surface area contributed by atoms with Crippen LogP contribution in [0.5, 0.6) is 0 Å². The van der Waals surface area contributed by atoms with Crippen molar-refractivity contribution in [1.29, 1.82) is 0 Å². The maximum Gasteiger partial charge on any atom is 0.0740 e. The fourth-order valence-corrected chi connectivity index (χ4v) is 2.67. The molecule has 19 heavy (non-hydrogen) atoms. The third-order valence-corrected chi connectivity index (χ3v) is 4.42. The highest BCUT2D eigenvalue weighted by Gasteiger charge is 2.20. The fraction of sp³-hybridized carbons (Fsp3) is 0.0769. The number of hydrogen-bond acceptors (Lipinski definition) is 2. The minimum Gasteiger partial charge on any atom is -0.271 e. The molecule has 0 spiro atoms. The number of hydrazine groups is 1. The van der Waals surface area contributed by atoms with E-state index in [-0.39, 0.29) is 0 Å². The summed E-state index contributed by atoms with van der Waals surface area (Å²) in [5.41, 5.74) is 4.16. The molecule has 0 aliphatic heterocycles. The Kier molecular flexibility index (Phi) is 4.96. The van der Waals surface area contributed by atoms with Gasteiger partial charge in [0.15, 0.2) is 0 Å². The first-order valence-corrected chi connectivity index (χ1v) is 6.91. The lowest BCUT2D eigenvalue weighted by atomic mass is 9.99. The number of rotatable bonds is 3. The van der Waals surface area contributed by atoms with Gasteiger partial charge in [-0.3, -0.25) is 5.84 Å². The first-order chi connectivity index (χ1) is 9.06. The van der Waals surface area contributed by atoms with Crippen molar-refractivity contribution in [2.75, 3.05) is 0 Å². The summed E-state index contributed by atoms with van der Waals surface area (Å²) < 4.78 is 0. The molecule has 2 nitrogen and oxygen atoms in total. The molecule has 0 bridgehead atoms. The summed E-state index contributed by atoms with van der Waals surface area (Å²) in [6.07, 6.45) is 0. The van der Waals surface area contributed by atoms with Gasteiger partial charge in [-0.05, 0) is 23.3 Å². The Labute approximate surface area is 131 Å². The standard InChI is InChI=1S/C13H10Cl4N2/c14-9-5-1-3-7(11(9)16)13(19-18)8-4-2-6-10(15)12(8)17/h1-6,13,19H,18H2. The van der Waals surface area contributed by atoms with Crippen LogP contribution in [0, 0.1) is 0 Å². The Balaban J connectivity index is 2.57. The van der Waals surface area contributed by atoms with Gasteiger partial charge in [0.2, 0.25) is 0 Å². The lowest BCUT2D eigenvalue weighted by Crippen LogP contribution is -2.29. The van der Waals surface area contributed by atoms with Crippen LogP contribution in [0.25, 0.3) is 0 Å². The van der Waals surface area contributed by atoms with Crippen molar-refractivity contribution < 1.29 is 0 Å². The van der Waals surface area contributed by atoms with Gasteiger partial charge in [0.25, 0.3) is 0 Å². The number of nitrogens with one attached hydrogen (secondary N) is 1. The SMILES string of the molecule is NNC(c1cccc(Cl)c1Cl)c1cccc(Cl)c1Cl. The van der Waals surface area contributed by atoms with Crippen molar-refractivity contribution in [3.63, 3.8) is 0 Å². The molecule has 0 amide bonds. The Morgan fingerprint density at radius 3 is 1.58 bits per heavy atom. The Hall–Kier alpha value is -0.480. The lowest BCUT2D eigenvalue weighted by molar-refractivity contribution is 0.637. The van der Waals surface area contributed by atoms with E-state index < -0.39 is 6.04 Å². The molecular formula is C13H10Cl4N2. The molecule has 2 rings (SSSR count). The first kappa shape index (κ1) is 14.9. The summed E-state index contributed by atoms with van der Waals surface area (Å²) in [5, 5.41) is 1.78. The van der Waals surface area contributed by atoms with Gasteiger partial charge in [-0.15, -0.1) is 0 Å². The number of hydrogen-bond donors (Lipinski definition) is 2. The zero-order valence-electron chi connectivity index (χ0n) is 9.63. The van der Waals surface area contributed by atoms with Gasteiger partial charge in [-0.2, -0.15) is 0 Å². The topological polar surface area (TPSA) is 38.0 Å². The molecule has 0 heterocycles. The van der Waals surface area contributed by atoms with Crippen molar-refractivity contribution in [3.05, 3.63) is 67.6 Å². The highest BCUT2D eigenvalue weighted by molar-refractivity contribution is 6.43. The first-order valence-electron chi connectivity index (χ1n) is 5.40. The molecule has 3 N–H and O–H groups in total. The Morgan fingerprint density at radius 1 is 0.789 bits per heavy atom. The van der Waals surface area contributed by atoms with Crippen LogP contribution in [-0.4, -0.2) is 0 Å². The summed E-state index contributed by atoms with van der Waals surface area (Å²) in [4.78, 5) is 0. The molecule has 0 atom stereocenters. The monoisotopic (exact) mass is 334 g/mol. The van der Waals surface area contributed by atoms with Crippen molar-refractivity contribution in [2.45, 2.75) is 6.04 Å². The summed E-state index contributed by atoms with van der Waals surface area (Å²) in [7, 11) is 0. The summed E-state index contributed by atoms with van der Waals surface area (Å²) in [5.74, 6) is 5.62. The fourth-order valence-electron chi connectivity index (χ4n) is 1.83. The second-order valence-corrected chi connectivity index (χ2v) is 5.46. The van der Waals surface area contributed by atoms with Gasteiger partial charge in [-0.1, -0.05) is 70.7 Å². The van der Waals surface area contributed by atoms with Gasteiger partial charge in [-0.25, -0.2) is 5.43 Å². The van der Waals surface area contributed by atoms with Crippen molar-refractivity contribution >= 4 is 46.4 Å². The van der Waals surface area contributed by atoms with E-state index in [1.54, 1.807) is 24.3 Å². The minimum absolute atomic E-state index is 0.391. The van der Waals surface area contributed by atoms with E-state index in [1.807, 2.05) is 12.1 Å². The lowest BCUT2D eigenvalue weighted by Gasteiger charge is -2.20. The average Bonchev–Trinajstić information content (AvgIpc) is 2.40. The van der Waals surface area contributed by atoms with E-state index >= 15 is 0 Å². The van der Waals surface area contributed by atoms with Crippen LogP contribution < -0.4 is 11.3 Å². The molecule has 2 aromatic rings. The van der Waals surface area contributed by atoms with Gasteiger partial charge >= 0.3 is 0 Å². The van der Waals surface area contributed by atoms with Crippen LogP contribution >= 0.6 is 46.4 Å². The van der Waals surface area contributed by atoms with Crippen molar-refractivity contribution in [1.82, 2.24) is 5.43 Å². The minimum atomic E-state index is -0.391. The van der Waals surface area contributed by atoms with E-state index in [1.165, 1.54) is 0 Å². The molecule has 0 radical (unpaired) electrons. The van der Waals surface area contributed by atoms with Gasteiger partial charge in [0.05, 0.1) is 26.1 Å². The summed E-state index contributed by atoms with van der Waals surface area (Å²) in [6, 6.07) is 10.3. The molecule has 0 aliphatic carbocycles. The largest absolute Gasteiger partial charge is 0.271 e. The molecule has 0 fully saturated rings. The molecule has 0 unspecified atom stereocenters. The molecule has 2 aromatic carbocycles. The zero-order valence-corrected chi connectivity index (χ0v) is 12.7. The maximum absolute atomic E-state index is 6.21. The summed E-state index contributed by atoms with van der Waals surface area (Å²) >= 11 is 24.4. The smallest absolute Gasteiger partial charge is 0.0740 e. The second kappa shape index (κ2) is 6.31. The third kappa shape index (κ3) is 3.00. The van der Waals surface area contributed by atoms with Crippen LogP contribution in [-0.2, 0) is 0 Å². The van der Waals surface area contributed by atoms with Crippen LogP contribution in [0.15, 0.2) is 36.4 Å². The highest BCUT2D eigenvalue weighted by atomic mass is 35.5. The molecule has 0 saturated heterocycles. The van der Waals surface area contributed by atoms with E-state index in [9.17, 15) is 0 Å². The van der Waals surface area contributed by atoms with Gasteiger partial charge in [0, 0.05) is 0 Å². The van der Waals surface area contributed by atoms with E-state index in [4.69, 9.17) is 52.2 Å². The second-order valence-electron chi connectivity index (χ2n) is 3.89. The zero-order chi connectivity index (χ0) is 14.0. The van der Waals surface area contributed by atoms with E-state index in [2.05, 4.69) is 5.43 Å². The molecule has 0 aliphatic rings. The van der Waals surface area contributed by atoms with Crippen molar-refractivity contribution in [2.24, 2.45) is 5.84 Å². The predicted octanol–water partition coefficient (Wildman–Crippen LogP) is 4.85. The molecule has 6 heteroatoms. The van der Waals surface area contributed by atoms with Gasteiger partial charge < -0.3 is 0 Å². The molecular weight excluding hydrogens is 326 g/mol. The van der Waals surface area contributed by atoms with Gasteiger partial charge in [0.1, 0.15) is 0 Å². The quantitative estimate of drug-likeness (QED) is 0.621. The highest BCUT2D eigenvalue weighted by Crippen LogP contribution is 2.37. The maximum atomic E-state index is 6.21. The number of halogens is 4. The molecule has 0 aromatic heterocycles. The molecule has 0 saturated carbocycles. The van der Waals surface area contributed by atoms with Crippen LogP contribution in [0.1, 0.15) is 17.2 Å². The summed E-state index contributed by atoms with van der Waals surface area (Å²) in [6.45, 7) is 0. The number of benzene rings is 2. The Morgan fingerprint density at radius 2 is 1.21 bits per heavy atom. The van der Waals surface area contributed by atoms with Crippen molar-refractivity contribution in [3.8, 4) is 0 Å². The van der Waals surface area contributed by atoms with Crippen LogP contribution in [0.4, 0.5) is 0 Å². The molecule has 100 valence electrons. The Bertz CT molecular complexity index is 550. The van der Waals surface area contributed by atoms with E-state index in [0.717, 1.165) is 11.1 Å².